The van der Waals surface area contributed by atoms with Crippen molar-refractivity contribution in [2.24, 2.45) is 0 Å². The second-order valence-corrected chi connectivity index (χ2v) is 5.68. The SMILES string of the molecule is CCC[C@H](C)NC(=O)CN1C(=O)N[C@@](C)(c2ccco2)C1=O. The fourth-order valence-corrected chi connectivity index (χ4v) is 2.54. The van der Waals surface area contributed by atoms with Gasteiger partial charge in [0.25, 0.3) is 5.91 Å². The molecule has 7 nitrogen and oxygen atoms in total. The van der Waals surface area contributed by atoms with Gasteiger partial charge in [-0.15, -0.1) is 0 Å². The number of urea groups is 1. The van der Waals surface area contributed by atoms with E-state index in [0.717, 1.165) is 17.7 Å². The van der Waals surface area contributed by atoms with Crippen LogP contribution in [0.4, 0.5) is 4.79 Å². The number of carbonyl (C=O) groups excluding carboxylic acids is 3. The first-order valence-electron chi connectivity index (χ1n) is 7.36. The van der Waals surface area contributed by atoms with Crippen molar-refractivity contribution in [2.75, 3.05) is 6.54 Å². The third kappa shape index (κ3) is 2.98. The minimum Gasteiger partial charge on any atom is -0.466 e. The van der Waals surface area contributed by atoms with Crippen molar-refractivity contribution >= 4 is 17.8 Å². The first kappa shape index (κ1) is 16.1. The Balaban J connectivity index is 2.05. The number of carbonyl (C=O) groups is 3. The third-order valence-corrected chi connectivity index (χ3v) is 3.72. The lowest BCUT2D eigenvalue weighted by molar-refractivity contribution is -0.135. The Labute approximate surface area is 129 Å². The third-order valence-electron chi connectivity index (χ3n) is 3.72. The maximum atomic E-state index is 12.5. The number of amides is 4. The molecule has 2 N–H and O–H groups in total. The zero-order valence-corrected chi connectivity index (χ0v) is 13.0. The second kappa shape index (κ2) is 6.21. The topological polar surface area (TPSA) is 91.7 Å². The van der Waals surface area contributed by atoms with E-state index in [4.69, 9.17) is 4.42 Å². The molecule has 1 aliphatic heterocycles. The van der Waals surface area contributed by atoms with E-state index in [0.29, 0.717) is 5.76 Å². The smallest absolute Gasteiger partial charge is 0.325 e. The van der Waals surface area contributed by atoms with Gasteiger partial charge in [0, 0.05) is 6.04 Å². The van der Waals surface area contributed by atoms with Crippen molar-refractivity contribution < 1.29 is 18.8 Å². The number of rotatable bonds is 6. The summed E-state index contributed by atoms with van der Waals surface area (Å²) < 4.78 is 5.23. The van der Waals surface area contributed by atoms with Crippen LogP contribution >= 0.6 is 0 Å². The molecule has 1 fully saturated rings. The van der Waals surface area contributed by atoms with Crippen molar-refractivity contribution in [2.45, 2.75) is 45.2 Å². The molecule has 1 aromatic heterocycles. The Bertz CT molecular complexity index is 569. The summed E-state index contributed by atoms with van der Waals surface area (Å²) in [6, 6.07) is 2.67. The number of hydrogen-bond acceptors (Lipinski definition) is 4. The minimum atomic E-state index is -1.27. The molecule has 120 valence electrons. The Morgan fingerprint density at radius 2 is 2.23 bits per heavy atom. The first-order valence-corrected chi connectivity index (χ1v) is 7.36. The molecule has 0 radical (unpaired) electrons. The van der Waals surface area contributed by atoms with Gasteiger partial charge in [-0.3, -0.25) is 14.5 Å². The Morgan fingerprint density at radius 1 is 1.50 bits per heavy atom. The van der Waals surface area contributed by atoms with Crippen LogP contribution < -0.4 is 10.6 Å². The maximum absolute atomic E-state index is 12.5. The van der Waals surface area contributed by atoms with Gasteiger partial charge < -0.3 is 15.1 Å². The largest absolute Gasteiger partial charge is 0.466 e. The summed E-state index contributed by atoms with van der Waals surface area (Å²) in [5.41, 5.74) is -1.27. The van der Waals surface area contributed by atoms with Crippen LogP contribution in [0.25, 0.3) is 0 Å². The summed E-state index contributed by atoms with van der Waals surface area (Å²) in [6.45, 7) is 5.17. The number of nitrogens with zero attached hydrogens (tertiary/aromatic N) is 1. The molecule has 1 saturated heterocycles. The molecular formula is C15H21N3O4. The van der Waals surface area contributed by atoms with Crippen LogP contribution in [-0.2, 0) is 15.1 Å². The molecule has 1 aromatic rings. The predicted molar refractivity (Wildman–Crippen MR) is 78.8 cm³/mol. The molecule has 0 spiro atoms. The molecule has 0 aromatic carbocycles. The zero-order valence-electron chi connectivity index (χ0n) is 13.0. The van der Waals surface area contributed by atoms with E-state index < -0.39 is 17.5 Å². The van der Waals surface area contributed by atoms with Crippen molar-refractivity contribution in [1.82, 2.24) is 15.5 Å². The number of nitrogens with one attached hydrogen (secondary N) is 2. The van der Waals surface area contributed by atoms with Crippen molar-refractivity contribution in [3.63, 3.8) is 0 Å². The predicted octanol–water partition coefficient (Wildman–Crippen LogP) is 1.35. The normalized spacial score (nSPS) is 22.6. The monoisotopic (exact) mass is 307 g/mol. The number of hydrogen-bond donors (Lipinski definition) is 2. The number of furan rings is 1. The van der Waals surface area contributed by atoms with Gasteiger partial charge >= 0.3 is 6.03 Å². The van der Waals surface area contributed by atoms with E-state index in [9.17, 15) is 14.4 Å². The van der Waals surface area contributed by atoms with Crippen molar-refractivity contribution in [1.29, 1.82) is 0 Å². The Hall–Kier alpha value is -2.31. The molecule has 0 aliphatic carbocycles. The van der Waals surface area contributed by atoms with Crippen LogP contribution in [0.1, 0.15) is 39.4 Å². The quantitative estimate of drug-likeness (QED) is 0.776. The number of imide groups is 1. The molecular weight excluding hydrogens is 286 g/mol. The van der Waals surface area contributed by atoms with E-state index in [1.165, 1.54) is 6.26 Å². The van der Waals surface area contributed by atoms with Gasteiger partial charge in [-0.1, -0.05) is 13.3 Å². The van der Waals surface area contributed by atoms with Crippen LogP contribution in [0.3, 0.4) is 0 Å². The van der Waals surface area contributed by atoms with Gasteiger partial charge in [0.2, 0.25) is 5.91 Å². The van der Waals surface area contributed by atoms with Crippen molar-refractivity contribution in [3.8, 4) is 0 Å². The average Bonchev–Trinajstić information content (AvgIpc) is 3.04. The molecule has 1 aliphatic rings. The highest BCUT2D eigenvalue weighted by Gasteiger charge is 2.51. The standard InChI is InChI=1S/C15H21N3O4/c1-4-6-10(2)16-12(19)9-18-13(20)15(3,17-14(18)21)11-7-5-8-22-11/h5,7-8,10H,4,6,9H2,1-3H3,(H,16,19)(H,17,21)/t10-,15-/m0/s1. The average molecular weight is 307 g/mol. The Kier molecular flexibility index (Phi) is 4.54. The lowest BCUT2D eigenvalue weighted by Gasteiger charge is -2.19. The van der Waals surface area contributed by atoms with E-state index in [1.54, 1.807) is 19.1 Å². The molecule has 4 amide bonds. The van der Waals surface area contributed by atoms with Crippen LogP contribution in [0, 0.1) is 0 Å². The Morgan fingerprint density at radius 3 is 2.82 bits per heavy atom. The van der Waals surface area contributed by atoms with Crippen LogP contribution in [-0.4, -0.2) is 35.3 Å². The molecule has 22 heavy (non-hydrogen) atoms. The first-order chi connectivity index (χ1) is 10.4. The van der Waals surface area contributed by atoms with E-state index in [2.05, 4.69) is 10.6 Å². The summed E-state index contributed by atoms with van der Waals surface area (Å²) in [6.07, 6.45) is 3.22. The zero-order chi connectivity index (χ0) is 16.3. The molecule has 2 atom stereocenters. The summed E-state index contributed by atoms with van der Waals surface area (Å²) in [4.78, 5) is 37.4. The van der Waals surface area contributed by atoms with Crippen LogP contribution in [0.2, 0.25) is 0 Å². The van der Waals surface area contributed by atoms with E-state index >= 15 is 0 Å². The summed E-state index contributed by atoms with van der Waals surface area (Å²) in [5, 5.41) is 5.35. The lowest BCUT2D eigenvalue weighted by atomic mass is 9.99. The fourth-order valence-electron chi connectivity index (χ4n) is 2.54. The van der Waals surface area contributed by atoms with Gasteiger partial charge in [0.15, 0.2) is 5.54 Å². The fraction of sp³-hybridized carbons (Fsp3) is 0.533. The lowest BCUT2D eigenvalue weighted by Crippen LogP contribution is -2.44. The van der Waals surface area contributed by atoms with Crippen LogP contribution in [0.15, 0.2) is 22.8 Å². The molecule has 0 saturated carbocycles. The molecule has 0 bridgehead atoms. The van der Waals surface area contributed by atoms with Gasteiger partial charge in [-0.05, 0) is 32.4 Å². The second-order valence-electron chi connectivity index (χ2n) is 5.68. The molecule has 0 unspecified atom stereocenters. The summed E-state index contributed by atoms with van der Waals surface area (Å²) >= 11 is 0. The van der Waals surface area contributed by atoms with Gasteiger partial charge in [0.1, 0.15) is 12.3 Å². The summed E-state index contributed by atoms with van der Waals surface area (Å²) in [5.74, 6) is -0.507. The minimum absolute atomic E-state index is 0.00900. The summed E-state index contributed by atoms with van der Waals surface area (Å²) in [7, 11) is 0. The molecule has 7 heteroatoms. The van der Waals surface area contributed by atoms with Gasteiger partial charge in [-0.25, -0.2) is 4.79 Å². The highest BCUT2D eigenvalue weighted by atomic mass is 16.3. The highest BCUT2D eigenvalue weighted by molar-refractivity contribution is 6.08. The molecule has 2 rings (SSSR count). The van der Waals surface area contributed by atoms with Crippen LogP contribution in [0.5, 0.6) is 0 Å². The highest BCUT2D eigenvalue weighted by Crippen LogP contribution is 2.28. The van der Waals surface area contributed by atoms with Gasteiger partial charge in [-0.2, -0.15) is 0 Å². The maximum Gasteiger partial charge on any atom is 0.325 e. The van der Waals surface area contributed by atoms with Crippen molar-refractivity contribution in [3.05, 3.63) is 24.2 Å². The van der Waals surface area contributed by atoms with Gasteiger partial charge in [0.05, 0.1) is 6.26 Å². The van der Waals surface area contributed by atoms with E-state index in [1.807, 2.05) is 13.8 Å². The molecule has 2 heterocycles. The van der Waals surface area contributed by atoms with E-state index in [-0.39, 0.29) is 18.5 Å².